The number of carbonyl (C=O) groups is 1. The van der Waals surface area contributed by atoms with Crippen molar-refractivity contribution < 1.29 is 9.18 Å². The minimum atomic E-state index is -0.295. The van der Waals surface area contributed by atoms with E-state index in [1.807, 2.05) is 4.90 Å². The number of likely N-dealkylation sites (tertiary alicyclic amines) is 1. The van der Waals surface area contributed by atoms with Crippen molar-refractivity contribution >= 4 is 18.3 Å². The summed E-state index contributed by atoms with van der Waals surface area (Å²) in [6.45, 7) is 1.44. The standard InChI is InChI=1S/C13H17FN2O.ClH/c14-11-3-1-2-10(8-11)9-13(17)16-6-4-12(15)5-7-16;/h1-3,8,12H,4-7,9,15H2;1H. The lowest BCUT2D eigenvalue weighted by molar-refractivity contribution is -0.131. The second kappa shape index (κ2) is 6.71. The van der Waals surface area contributed by atoms with E-state index in [-0.39, 0.29) is 36.6 Å². The van der Waals surface area contributed by atoms with Gasteiger partial charge in [0.2, 0.25) is 5.91 Å². The van der Waals surface area contributed by atoms with Gasteiger partial charge in [0.05, 0.1) is 6.42 Å². The maximum atomic E-state index is 13.0. The highest BCUT2D eigenvalue weighted by Gasteiger charge is 2.20. The van der Waals surface area contributed by atoms with E-state index in [0.29, 0.717) is 0 Å². The quantitative estimate of drug-likeness (QED) is 0.891. The van der Waals surface area contributed by atoms with Crippen LogP contribution in [-0.4, -0.2) is 29.9 Å². The molecule has 5 heteroatoms. The van der Waals surface area contributed by atoms with Crippen LogP contribution in [0.5, 0.6) is 0 Å². The molecule has 1 amide bonds. The van der Waals surface area contributed by atoms with E-state index in [0.717, 1.165) is 31.5 Å². The Morgan fingerprint density at radius 1 is 1.39 bits per heavy atom. The summed E-state index contributed by atoms with van der Waals surface area (Å²) in [5.74, 6) is -0.238. The molecule has 1 aromatic rings. The zero-order valence-electron chi connectivity index (χ0n) is 10.1. The molecule has 0 aromatic heterocycles. The van der Waals surface area contributed by atoms with Crippen LogP contribution in [0.25, 0.3) is 0 Å². The van der Waals surface area contributed by atoms with Crippen molar-refractivity contribution in [3.05, 3.63) is 35.6 Å². The Labute approximate surface area is 113 Å². The summed E-state index contributed by atoms with van der Waals surface area (Å²) in [6.07, 6.45) is 1.98. The van der Waals surface area contributed by atoms with Crippen molar-refractivity contribution in [2.45, 2.75) is 25.3 Å². The molecule has 2 rings (SSSR count). The third kappa shape index (κ3) is 3.96. The topological polar surface area (TPSA) is 46.3 Å². The van der Waals surface area contributed by atoms with Gasteiger partial charge >= 0.3 is 0 Å². The van der Waals surface area contributed by atoms with Crippen molar-refractivity contribution in [3.63, 3.8) is 0 Å². The highest BCUT2D eigenvalue weighted by molar-refractivity contribution is 5.85. The molecule has 1 heterocycles. The molecular weight excluding hydrogens is 255 g/mol. The molecule has 0 spiro atoms. The Bertz CT molecular complexity index is 406. The Hall–Kier alpha value is -1.13. The lowest BCUT2D eigenvalue weighted by Gasteiger charge is -2.30. The largest absolute Gasteiger partial charge is 0.342 e. The summed E-state index contributed by atoms with van der Waals surface area (Å²) >= 11 is 0. The fraction of sp³-hybridized carbons (Fsp3) is 0.462. The van der Waals surface area contributed by atoms with Gasteiger partial charge in [-0.3, -0.25) is 4.79 Å². The first-order valence-corrected chi connectivity index (χ1v) is 5.93. The van der Waals surface area contributed by atoms with Crippen LogP contribution in [0.1, 0.15) is 18.4 Å². The summed E-state index contributed by atoms with van der Waals surface area (Å²) in [4.78, 5) is 13.8. The van der Waals surface area contributed by atoms with Gasteiger partial charge in [0.1, 0.15) is 5.82 Å². The van der Waals surface area contributed by atoms with E-state index in [2.05, 4.69) is 0 Å². The van der Waals surface area contributed by atoms with Crippen molar-refractivity contribution in [2.75, 3.05) is 13.1 Å². The van der Waals surface area contributed by atoms with Gasteiger partial charge in [-0.05, 0) is 30.5 Å². The van der Waals surface area contributed by atoms with Crippen LogP contribution in [0.4, 0.5) is 4.39 Å². The fourth-order valence-electron chi connectivity index (χ4n) is 2.08. The first-order valence-electron chi connectivity index (χ1n) is 5.93. The molecule has 1 fully saturated rings. The zero-order valence-corrected chi connectivity index (χ0v) is 11.0. The molecule has 18 heavy (non-hydrogen) atoms. The molecule has 0 radical (unpaired) electrons. The van der Waals surface area contributed by atoms with Crippen LogP contribution in [0.15, 0.2) is 24.3 Å². The third-order valence-electron chi connectivity index (χ3n) is 3.14. The van der Waals surface area contributed by atoms with Crippen LogP contribution in [0.3, 0.4) is 0 Å². The van der Waals surface area contributed by atoms with Crippen LogP contribution in [-0.2, 0) is 11.2 Å². The Morgan fingerprint density at radius 2 is 2.06 bits per heavy atom. The SMILES string of the molecule is Cl.NC1CCN(C(=O)Cc2cccc(F)c2)CC1. The van der Waals surface area contributed by atoms with E-state index < -0.39 is 0 Å². The molecule has 0 aliphatic carbocycles. The maximum absolute atomic E-state index is 13.0. The fourth-order valence-corrected chi connectivity index (χ4v) is 2.08. The van der Waals surface area contributed by atoms with Crippen molar-refractivity contribution in [1.29, 1.82) is 0 Å². The number of benzene rings is 1. The Morgan fingerprint density at radius 3 is 2.67 bits per heavy atom. The lowest BCUT2D eigenvalue weighted by atomic mass is 10.0. The number of nitrogens with two attached hydrogens (primary N) is 1. The summed E-state index contributed by atoms with van der Waals surface area (Å²) in [5.41, 5.74) is 6.51. The highest BCUT2D eigenvalue weighted by Crippen LogP contribution is 2.11. The van der Waals surface area contributed by atoms with Crippen molar-refractivity contribution in [3.8, 4) is 0 Å². The normalized spacial score (nSPS) is 16.2. The average molecular weight is 273 g/mol. The third-order valence-corrected chi connectivity index (χ3v) is 3.14. The van der Waals surface area contributed by atoms with Crippen LogP contribution in [0, 0.1) is 5.82 Å². The molecule has 0 unspecified atom stereocenters. The molecule has 1 aliphatic heterocycles. The van der Waals surface area contributed by atoms with E-state index in [4.69, 9.17) is 5.73 Å². The molecule has 2 N–H and O–H groups in total. The molecule has 1 aromatic carbocycles. The number of nitrogens with zero attached hydrogens (tertiary/aromatic N) is 1. The van der Waals surface area contributed by atoms with Crippen molar-refractivity contribution in [1.82, 2.24) is 4.90 Å². The number of hydrogen-bond acceptors (Lipinski definition) is 2. The van der Waals surface area contributed by atoms with Crippen LogP contribution < -0.4 is 5.73 Å². The van der Waals surface area contributed by atoms with Crippen LogP contribution in [0.2, 0.25) is 0 Å². The van der Waals surface area contributed by atoms with Gasteiger partial charge in [-0.15, -0.1) is 12.4 Å². The molecule has 0 saturated carbocycles. The van der Waals surface area contributed by atoms with Gasteiger partial charge in [0, 0.05) is 19.1 Å². The first kappa shape index (κ1) is 14.9. The van der Waals surface area contributed by atoms with Gasteiger partial charge < -0.3 is 10.6 Å². The lowest BCUT2D eigenvalue weighted by Crippen LogP contribution is -2.43. The number of carbonyl (C=O) groups excluding carboxylic acids is 1. The molecule has 3 nitrogen and oxygen atoms in total. The summed E-state index contributed by atoms with van der Waals surface area (Å²) in [7, 11) is 0. The second-order valence-corrected chi connectivity index (χ2v) is 4.52. The average Bonchev–Trinajstić information content (AvgIpc) is 2.29. The van der Waals surface area contributed by atoms with Gasteiger partial charge in [-0.2, -0.15) is 0 Å². The monoisotopic (exact) mass is 272 g/mol. The molecule has 100 valence electrons. The van der Waals surface area contributed by atoms with Gasteiger partial charge in [0.15, 0.2) is 0 Å². The summed E-state index contributed by atoms with van der Waals surface area (Å²) < 4.78 is 13.0. The van der Waals surface area contributed by atoms with E-state index in [9.17, 15) is 9.18 Å². The van der Waals surface area contributed by atoms with Crippen molar-refractivity contribution in [2.24, 2.45) is 5.73 Å². The van der Waals surface area contributed by atoms with Gasteiger partial charge in [-0.25, -0.2) is 4.39 Å². The van der Waals surface area contributed by atoms with Gasteiger partial charge in [0.25, 0.3) is 0 Å². The second-order valence-electron chi connectivity index (χ2n) is 4.52. The zero-order chi connectivity index (χ0) is 12.3. The number of halogens is 2. The maximum Gasteiger partial charge on any atom is 0.226 e. The minimum Gasteiger partial charge on any atom is -0.342 e. The van der Waals surface area contributed by atoms with E-state index >= 15 is 0 Å². The number of hydrogen-bond donors (Lipinski definition) is 1. The highest BCUT2D eigenvalue weighted by atomic mass is 35.5. The van der Waals surface area contributed by atoms with E-state index in [1.165, 1.54) is 12.1 Å². The Balaban J connectivity index is 0.00000162. The predicted molar refractivity (Wildman–Crippen MR) is 71.1 cm³/mol. The summed E-state index contributed by atoms with van der Waals surface area (Å²) in [6, 6.07) is 6.41. The molecule has 0 bridgehead atoms. The number of piperidine rings is 1. The predicted octanol–water partition coefficient (Wildman–Crippen LogP) is 1.74. The molecule has 1 aliphatic rings. The number of amides is 1. The molecule has 1 saturated heterocycles. The Kier molecular flexibility index (Phi) is 5.56. The van der Waals surface area contributed by atoms with Crippen LogP contribution >= 0.6 is 12.4 Å². The van der Waals surface area contributed by atoms with Gasteiger partial charge in [-0.1, -0.05) is 12.1 Å². The van der Waals surface area contributed by atoms with E-state index in [1.54, 1.807) is 12.1 Å². The number of rotatable bonds is 2. The minimum absolute atomic E-state index is 0. The smallest absolute Gasteiger partial charge is 0.226 e. The summed E-state index contributed by atoms with van der Waals surface area (Å²) in [5, 5.41) is 0. The first-order chi connectivity index (χ1) is 8.15. The molecular formula is C13H18ClFN2O. The molecule has 0 atom stereocenters.